The Bertz CT molecular complexity index is 736. The van der Waals surface area contributed by atoms with Crippen LogP contribution in [0.3, 0.4) is 0 Å². The van der Waals surface area contributed by atoms with Crippen molar-refractivity contribution in [2.24, 2.45) is 0 Å². The summed E-state index contributed by atoms with van der Waals surface area (Å²) in [6.45, 7) is 5.05. The third kappa shape index (κ3) is 3.73. The number of benzene rings is 1. The third-order valence-electron chi connectivity index (χ3n) is 3.70. The molecular weight excluding hydrogens is 308 g/mol. The summed E-state index contributed by atoms with van der Waals surface area (Å²) in [6, 6.07) is 7.27. The number of nitrogens with one attached hydrogen (secondary N) is 2. The largest absolute Gasteiger partial charge is 0.486 e. The molecule has 0 saturated carbocycles. The molecule has 0 radical (unpaired) electrons. The van der Waals surface area contributed by atoms with E-state index in [9.17, 15) is 4.79 Å². The summed E-state index contributed by atoms with van der Waals surface area (Å²) < 4.78 is 11.1. The van der Waals surface area contributed by atoms with Gasteiger partial charge in [0.1, 0.15) is 31.1 Å². The van der Waals surface area contributed by atoms with Crippen LogP contribution < -0.4 is 20.1 Å². The van der Waals surface area contributed by atoms with Gasteiger partial charge in [-0.2, -0.15) is 0 Å². The Morgan fingerprint density at radius 2 is 2.00 bits per heavy atom. The van der Waals surface area contributed by atoms with Crippen molar-refractivity contribution in [1.82, 2.24) is 15.3 Å². The Morgan fingerprint density at radius 3 is 2.79 bits per heavy atom. The van der Waals surface area contributed by atoms with Crippen LogP contribution in [0.25, 0.3) is 0 Å². The van der Waals surface area contributed by atoms with Crippen molar-refractivity contribution in [1.29, 1.82) is 0 Å². The molecule has 0 bridgehead atoms. The zero-order valence-corrected chi connectivity index (χ0v) is 13.7. The lowest BCUT2D eigenvalue weighted by molar-refractivity contribution is 0.0934. The summed E-state index contributed by atoms with van der Waals surface area (Å²) in [6.07, 6.45) is 2.23. The number of nitrogens with zero attached hydrogens (tertiary/aromatic N) is 2. The van der Waals surface area contributed by atoms with Gasteiger partial charge in [-0.3, -0.25) is 4.79 Å². The summed E-state index contributed by atoms with van der Waals surface area (Å²) >= 11 is 0. The highest BCUT2D eigenvalue weighted by Gasteiger charge is 2.13. The molecule has 1 amide bonds. The molecule has 0 fully saturated rings. The van der Waals surface area contributed by atoms with E-state index in [1.807, 2.05) is 32.0 Å². The number of rotatable bonds is 5. The number of ether oxygens (including phenoxy) is 2. The maximum Gasteiger partial charge on any atom is 0.270 e. The van der Waals surface area contributed by atoms with E-state index in [0.717, 1.165) is 17.9 Å². The van der Waals surface area contributed by atoms with Crippen LogP contribution >= 0.6 is 0 Å². The van der Waals surface area contributed by atoms with Gasteiger partial charge < -0.3 is 20.1 Å². The first-order valence-electron chi connectivity index (χ1n) is 7.95. The number of fused-ring (bicyclic) bond motifs is 1. The average molecular weight is 328 g/mol. The Morgan fingerprint density at radius 1 is 1.21 bits per heavy atom. The zero-order chi connectivity index (χ0) is 16.9. The lowest BCUT2D eigenvalue weighted by Crippen LogP contribution is -2.32. The molecule has 1 atom stereocenters. The van der Waals surface area contributed by atoms with Crippen molar-refractivity contribution >= 4 is 17.4 Å². The predicted molar refractivity (Wildman–Crippen MR) is 90.0 cm³/mol. The fourth-order valence-electron chi connectivity index (χ4n) is 2.22. The molecule has 1 aliphatic heterocycles. The quantitative estimate of drug-likeness (QED) is 0.877. The van der Waals surface area contributed by atoms with E-state index in [2.05, 4.69) is 20.6 Å². The van der Waals surface area contributed by atoms with Gasteiger partial charge in [-0.15, -0.1) is 0 Å². The molecule has 1 aromatic heterocycles. The number of anilines is 2. The number of aromatic nitrogens is 2. The van der Waals surface area contributed by atoms with E-state index in [1.54, 1.807) is 6.07 Å². The SMILES string of the molecule is CCC(C)NC(=O)c1cc(Nc2ccc3c(c2)OCCO3)ncn1. The summed E-state index contributed by atoms with van der Waals surface area (Å²) in [5.41, 5.74) is 1.12. The lowest BCUT2D eigenvalue weighted by atomic mass is 10.2. The van der Waals surface area contributed by atoms with Gasteiger partial charge in [-0.25, -0.2) is 9.97 Å². The normalized spacial score (nSPS) is 13.9. The van der Waals surface area contributed by atoms with Gasteiger partial charge >= 0.3 is 0 Å². The average Bonchev–Trinajstić information content (AvgIpc) is 2.61. The number of amides is 1. The first-order valence-corrected chi connectivity index (χ1v) is 7.95. The van der Waals surface area contributed by atoms with E-state index in [1.165, 1.54) is 6.33 Å². The molecular formula is C17H20N4O3. The molecule has 24 heavy (non-hydrogen) atoms. The van der Waals surface area contributed by atoms with Gasteiger partial charge in [0.05, 0.1) is 0 Å². The van der Waals surface area contributed by atoms with Gasteiger partial charge in [0.15, 0.2) is 11.5 Å². The second-order valence-electron chi connectivity index (χ2n) is 5.55. The van der Waals surface area contributed by atoms with E-state index in [0.29, 0.717) is 30.5 Å². The van der Waals surface area contributed by atoms with Crippen LogP contribution in [0.2, 0.25) is 0 Å². The Balaban J connectivity index is 1.74. The standard InChI is InChI=1S/C17H20N4O3/c1-3-11(2)20-17(22)13-9-16(19-10-18-13)21-12-4-5-14-15(8-12)24-7-6-23-14/h4-5,8-11H,3,6-7H2,1-2H3,(H,20,22)(H,18,19,21). The summed E-state index contributed by atoms with van der Waals surface area (Å²) in [4.78, 5) is 20.3. The molecule has 7 nitrogen and oxygen atoms in total. The van der Waals surface area contributed by atoms with Crippen LogP contribution in [0.1, 0.15) is 30.8 Å². The summed E-state index contributed by atoms with van der Waals surface area (Å²) in [7, 11) is 0. The van der Waals surface area contributed by atoms with Crippen molar-refractivity contribution in [3.8, 4) is 11.5 Å². The van der Waals surface area contributed by atoms with E-state index in [4.69, 9.17) is 9.47 Å². The molecule has 1 aromatic carbocycles. The number of carbonyl (C=O) groups is 1. The van der Waals surface area contributed by atoms with E-state index < -0.39 is 0 Å². The molecule has 2 heterocycles. The first kappa shape index (κ1) is 16.0. The molecule has 3 rings (SSSR count). The van der Waals surface area contributed by atoms with Crippen LogP contribution in [0.15, 0.2) is 30.6 Å². The zero-order valence-electron chi connectivity index (χ0n) is 13.7. The number of carbonyl (C=O) groups excluding carboxylic acids is 1. The van der Waals surface area contributed by atoms with Gasteiger partial charge in [0.2, 0.25) is 0 Å². The Hall–Kier alpha value is -2.83. The van der Waals surface area contributed by atoms with Gasteiger partial charge in [0, 0.05) is 23.9 Å². The topological polar surface area (TPSA) is 85.4 Å². The highest BCUT2D eigenvalue weighted by atomic mass is 16.6. The van der Waals surface area contributed by atoms with Crippen molar-refractivity contribution < 1.29 is 14.3 Å². The molecule has 7 heteroatoms. The minimum Gasteiger partial charge on any atom is -0.486 e. The van der Waals surface area contributed by atoms with Crippen LogP contribution in [0.4, 0.5) is 11.5 Å². The summed E-state index contributed by atoms with van der Waals surface area (Å²) in [5, 5.41) is 6.03. The van der Waals surface area contributed by atoms with Gasteiger partial charge in [-0.05, 0) is 25.5 Å². The van der Waals surface area contributed by atoms with Crippen molar-refractivity contribution in [3.63, 3.8) is 0 Å². The maximum atomic E-state index is 12.1. The van der Waals surface area contributed by atoms with Crippen molar-refractivity contribution in [2.75, 3.05) is 18.5 Å². The molecule has 0 aliphatic carbocycles. The molecule has 2 aromatic rings. The van der Waals surface area contributed by atoms with Crippen LogP contribution in [0, 0.1) is 0 Å². The minimum atomic E-state index is -0.211. The molecule has 0 spiro atoms. The third-order valence-corrected chi connectivity index (χ3v) is 3.70. The minimum absolute atomic E-state index is 0.0988. The highest BCUT2D eigenvalue weighted by Crippen LogP contribution is 2.33. The monoisotopic (exact) mass is 328 g/mol. The lowest BCUT2D eigenvalue weighted by Gasteiger charge is -2.19. The number of hydrogen-bond donors (Lipinski definition) is 2. The Kier molecular flexibility index (Phi) is 4.79. The molecule has 2 N–H and O–H groups in total. The Labute approximate surface area is 140 Å². The first-order chi connectivity index (χ1) is 11.7. The van der Waals surface area contributed by atoms with E-state index >= 15 is 0 Å². The summed E-state index contributed by atoms with van der Waals surface area (Å²) in [5.74, 6) is 1.74. The molecule has 0 saturated heterocycles. The highest BCUT2D eigenvalue weighted by molar-refractivity contribution is 5.93. The maximum absolute atomic E-state index is 12.1. The van der Waals surface area contributed by atoms with Crippen LogP contribution in [0.5, 0.6) is 11.5 Å². The molecule has 126 valence electrons. The van der Waals surface area contributed by atoms with Crippen LogP contribution in [-0.2, 0) is 0 Å². The molecule has 1 aliphatic rings. The fraction of sp³-hybridized carbons (Fsp3) is 0.353. The molecule has 1 unspecified atom stereocenters. The fourth-order valence-corrected chi connectivity index (χ4v) is 2.22. The smallest absolute Gasteiger partial charge is 0.270 e. The second kappa shape index (κ2) is 7.16. The second-order valence-corrected chi connectivity index (χ2v) is 5.55. The van der Waals surface area contributed by atoms with Gasteiger partial charge in [-0.1, -0.05) is 6.92 Å². The van der Waals surface area contributed by atoms with Crippen LogP contribution in [-0.4, -0.2) is 35.1 Å². The number of hydrogen-bond acceptors (Lipinski definition) is 6. The predicted octanol–water partition coefficient (Wildman–Crippen LogP) is 2.52. The van der Waals surface area contributed by atoms with Gasteiger partial charge in [0.25, 0.3) is 5.91 Å². The van der Waals surface area contributed by atoms with E-state index in [-0.39, 0.29) is 11.9 Å². The van der Waals surface area contributed by atoms with Crippen molar-refractivity contribution in [3.05, 3.63) is 36.3 Å². The van der Waals surface area contributed by atoms with Crippen molar-refractivity contribution in [2.45, 2.75) is 26.3 Å².